The van der Waals surface area contributed by atoms with Gasteiger partial charge in [-0.2, -0.15) is 5.10 Å². The Morgan fingerprint density at radius 3 is 2.78 bits per heavy atom. The van der Waals surface area contributed by atoms with Gasteiger partial charge in [-0.3, -0.25) is 10.1 Å². The molecule has 2 rings (SSSR count). The maximum absolute atomic E-state index is 7.49. The highest BCUT2D eigenvalue weighted by Crippen LogP contribution is 2.15. The van der Waals surface area contributed by atoms with Crippen LogP contribution in [0.3, 0.4) is 0 Å². The molecular formula is C11H15N7. The van der Waals surface area contributed by atoms with Gasteiger partial charge in [0.25, 0.3) is 0 Å². The molecule has 0 bridgehead atoms. The average Bonchev–Trinajstić information content (AvgIpc) is 2.74. The highest BCUT2D eigenvalue weighted by Gasteiger charge is 2.13. The fourth-order valence-corrected chi connectivity index (χ4v) is 1.70. The second kappa shape index (κ2) is 4.82. The van der Waals surface area contributed by atoms with Gasteiger partial charge in [-0.25, -0.2) is 9.97 Å². The summed E-state index contributed by atoms with van der Waals surface area (Å²) in [6, 6.07) is 0. The third kappa shape index (κ3) is 2.45. The summed E-state index contributed by atoms with van der Waals surface area (Å²) >= 11 is 0. The summed E-state index contributed by atoms with van der Waals surface area (Å²) in [7, 11) is 3.75. The van der Waals surface area contributed by atoms with Gasteiger partial charge in [0.1, 0.15) is 11.5 Å². The van der Waals surface area contributed by atoms with Crippen LogP contribution in [0.25, 0.3) is 0 Å². The van der Waals surface area contributed by atoms with Gasteiger partial charge >= 0.3 is 0 Å². The van der Waals surface area contributed by atoms with Crippen LogP contribution in [0.5, 0.6) is 0 Å². The minimum absolute atomic E-state index is 0.0869. The Bertz CT molecular complexity index is 560. The number of aryl methyl sites for hydroxylation is 1. The van der Waals surface area contributed by atoms with Crippen LogP contribution in [0.1, 0.15) is 11.3 Å². The van der Waals surface area contributed by atoms with Crippen LogP contribution in [0.2, 0.25) is 0 Å². The number of nitrogens with zero attached hydrogens (tertiary/aromatic N) is 5. The number of nitrogens with two attached hydrogens (primary N) is 1. The van der Waals surface area contributed by atoms with Crippen molar-refractivity contribution in [2.45, 2.75) is 6.54 Å². The molecule has 0 unspecified atom stereocenters. The van der Waals surface area contributed by atoms with Crippen LogP contribution in [0.4, 0.5) is 5.82 Å². The van der Waals surface area contributed by atoms with Crippen molar-refractivity contribution in [1.82, 2.24) is 19.7 Å². The molecule has 0 saturated carbocycles. The Morgan fingerprint density at radius 1 is 1.44 bits per heavy atom. The number of hydrogen-bond donors (Lipinski definition) is 2. The molecule has 0 aromatic carbocycles. The quantitative estimate of drug-likeness (QED) is 0.589. The second-order valence-corrected chi connectivity index (χ2v) is 4.02. The third-order valence-electron chi connectivity index (χ3n) is 2.47. The Morgan fingerprint density at radius 2 is 2.17 bits per heavy atom. The molecule has 0 radical (unpaired) electrons. The van der Waals surface area contributed by atoms with E-state index in [-0.39, 0.29) is 5.84 Å². The zero-order chi connectivity index (χ0) is 13.1. The topological polar surface area (TPSA) is 96.7 Å². The van der Waals surface area contributed by atoms with Crippen LogP contribution >= 0.6 is 0 Å². The molecule has 0 atom stereocenters. The predicted molar refractivity (Wildman–Crippen MR) is 68.4 cm³/mol. The molecule has 18 heavy (non-hydrogen) atoms. The summed E-state index contributed by atoms with van der Waals surface area (Å²) in [5.41, 5.74) is 6.94. The Labute approximate surface area is 105 Å². The molecule has 2 heterocycles. The van der Waals surface area contributed by atoms with Crippen molar-refractivity contribution in [2.24, 2.45) is 12.8 Å². The zero-order valence-electron chi connectivity index (χ0n) is 10.3. The molecule has 0 aliphatic rings. The van der Waals surface area contributed by atoms with E-state index in [1.807, 2.05) is 25.2 Å². The Balaban J connectivity index is 2.23. The molecule has 7 heteroatoms. The molecule has 0 aliphatic carbocycles. The Kier molecular flexibility index (Phi) is 3.22. The third-order valence-corrected chi connectivity index (χ3v) is 2.47. The summed E-state index contributed by atoms with van der Waals surface area (Å²) in [6.45, 7) is 0.632. The van der Waals surface area contributed by atoms with Gasteiger partial charge in [0.15, 0.2) is 5.82 Å². The summed E-state index contributed by atoms with van der Waals surface area (Å²) in [6.07, 6.45) is 6.83. The van der Waals surface area contributed by atoms with Crippen LogP contribution in [-0.2, 0) is 13.6 Å². The van der Waals surface area contributed by atoms with Crippen molar-refractivity contribution in [3.8, 4) is 0 Å². The van der Waals surface area contributed by atoms with Gasteiger partial charge in [-0.15, -0.1) is 0 Å². The molecule has 94 valence electrons. The maximum Gasteiger partial charge on any atom is 0.158 e. The number of aromatic nitrogens is 4. The zero-order valence-corrected chi connectivity index (χ0v) is 10.3. The number of anilines is 1. The first-order chi connectivity index (χ1) is 8.58. The summed E-state index contributed by atoms with van der Waals surface area (Å²) < 4.78 is 1.74. The molecule has 7 nitrogen and oxygen atoms in total. The van der Waals surface area contributed by atoms with Crippen molar-refractivity contribution in [2.75, 3.05) is 11.9 Å². The van der Waals surface area contributed by atoms with Crippen molar-refractivity contribution in [3.05, 3.63) is 36.0 Å². The average molecular weight is 245 g/mol. The lowest BCUT2D eigenvalue weighted by molar-refractivity contribution is 0.766. The summed E-state index contributed by atoms with van der Waals surface area (Å²) in [5, 5.41) is 11.6. The summed E-state index contributed by atoms with van der Waals surface area (Å²) in [5.74, 6) is 0.505. The van der Waals surface area contributed by atoms with Crippen LogP contribution in [0, 0.1) is 5.41 Å². The predicted octanol–water partition coefficient (Wildman–Crippen LogP) is 0.131. The van der Waals surface area contributed by atoms with Crippen LogP contribution in [-0.4, -0.2) is 32.6 Å². The molecule has 0 amide bonds. The van der Waals surface area contributed by atoms with Crippen LogP contribution < -0.4 is 10.6 Å². The molecule has 3 N–H and O–H groups in total. The SMILES string of the molecule is CN(Cc1cnn(C)c1)c1nccnc1C(=N)N. The van der Waals surface area contributed by atoms with Gasteiger partial charge < -0.3 is 10.6 Å². The smallest absolute Gasteiger partial charge is 0.158 e. The molecular weight excluding hydrogens is 230 g/mol. The van der Waals surface area contributed by atoms with Gasteiger partial charge in [-0.1, -0.05) is 0 Å². The second-order valence-electron chi connectivity index (χ2n) is 4.02. The van der Waals surface area contributed by atoms with Crippen molar-refractivity contribution < 1.29 is 0 Å². The molecule has 2 aromatic heterocycles. The minimum Gasteiger partial charge on any atom is -0.382 e. The molecule has 2 aromatic rings. The highest BCUT2D eigenvalue weighted by molar-refractivity contribution is 5.97. The van der Waals surface area contributed by atoms with E-state index in [9.17, 15) is 0 Å². The van der Waals surface area contributed by atoms with Crippen molar-refractivity contribution in [3.63, 3.8) is 0 Å². The van der Waals surface area contributed by atoms with E-state index in [1.165, 1.54) is 6.20 Å². The fraction of sp³-hybridized carbons (Fsp3) is 0.273. The lowest BCUT2D eigenvalue weighted by Gasteiger charge is -2.18. The van der Waals surface area contributed by atoms with E-state index >= 15 is 0 Å². The number of hydrogen-bond acceptors (Lipinski definition) is 5. The minimum atomic E-state index is -0.0869. The molecule has 0 fully saturated rings. The van der Waals surface area contributed by atoms with Crippen LogP contribution in [0.15, 0.2) is 24.8 Å². The standard InChI is InChI=1S/C11H15N7/c1-17(6-8-5-16-18(2)7-8)11-9(10(12)13)14-3-4-15-11/h3-5,7H,6H2,1-2H3,(H3,12,13). The number of nitrogen functional groups attached to an aromatic ring is 1. The van der Waals surface area contributed by atoms with E-state index in [4.69, 9.17) is 11.1 Å². The van der Waals surface area contributed by atoms with Gasteiger partial charge in [-0.05, 0) is 0 Å². The molecule has 0 aliphatic heterocycles. The Hall–Kier alpha value is -2.44. The number of nitrogens with one attached hydrogen (secondary N) is 1. The fourth-order valence-electron chi connectivity index (χ4n) is 1.70. The van der Waals surface area contributed by atoms with Gasteiger partial charge in [0.2, 0.25) is 0 Å². The van der Waals surface area contributed by atoms with E-state index in [2.05, 4.69) is 15.1 Å². The van der Waals surface area contributed by atoms with E-state index in [0.717, 1.165) is 5.56 Å². The molecule has 0 spiro atoms. The summed E-state index contributed by atoms with van der Waals surface area (Å²) in [4.78, 5) is 10.2. The first kappa shape index (κ1) is 12.0. The van der Waals surface area contributed by atoms with E-state index in [0.29, 0.717) is 18.1 Å². The van der Waals surface area contributed by atoms with Gasteiger partial charge in [0.05, 0.1) is 6.20 Å². The van der Waals surface area contributed by atoms with E-state index < -0.39 is 0 Å². The number of rotatable bonds is 4. The van der Waals surface area contributed by atoms with Crippen molar-refractivity contribution >= 4 is 11.7 Å². The lowest BCUT2D eigenvalue weighted by Crippen LogP contribution is -2.24. The monoisotopic (exact) mass is 245 g/mol. The highest BCUT2D eigenvalue weighted by atomic mass is 15.2. The molecule has 0 saturated heterocycles. The lowest BCUT2D eigenvalue weighted by atomic mass is 10.3. The first-order valence-corrected chi connectivity index (χ1v) is 5.42. The number of amidine groups is 1. The van der Waals surface area contributed by atoms with Crippen molar-refractivity contribution in [1.29, 1.82) is 5.41 Å². The largest absolute Gasteiger partial charge is 0.382 e. The first-order valence-electron chi connectivity index (χ1n) is 5.42. The van der Waals surface area contributed by atoms with E-state index in [1.54, 1.807) is 17.1 Å². The van der Waals surface area contributed by atoms with Gasteiger partial charge in [0, 0.05) is 44.8 Å². The normalized spacial score (nSPS) is 10.3. The maximum atomic E-state index is 7.49.